The predicted molar refractivity (Wildman–Crippen MR) is 55.4 cm³/mol. The molecule has 4 heteroatoms. The Morgan fingerprint density at radius 3 is 2.64 bits per heavy atom. The summed E-state index contributed by atoms with van der Waals surface area (Å²) in [5.41, 5.74) is 0. The first-order valence-corrected chi connectivity index (χ1v) is 5.44. The Kier molecular flexibility index (Phi) is 5.56. The number of carboxylic acids is 1. The zero-order valence-corrected chi connectivity index (χ0v) is 8.67. The van der Waals surface area contributed by atoms with E-state index in [0.717, 1.165) is 19.5 Å². The number of hydrogen-bond donors (Lipinski definition) is 2. The molecule has 1 aliphatic rings. The van der Waals surface area contributed by atoms with Gasteiger partial charge in [-0.1, -0.05) is 6.42 Å². The van der Waals surface area contributed by atoms with E-state index in [-0.39, 0.29) is 6.54 Å². The average molecular weight is 200 g/mol. The van der Waals surface area contributed by atoms with Crippen molar-refractivity contribution in [3.05, 3.63) is 0 Å². The molecule has 4 nitrogen and oxygen atoms in total. The maximum Gasteiger partial charge on any atom is 0.317 e. The van der Waals surface area contributed by atoms with Crippen LogP contribution in [0.3, 0.4) is 0 Å². The molecule has 0 aromatic heterocycles. The van der Waals surface area contributed by atoms with E-state index in [9.17, 15) is 4.79 Å². The molecule has 82 valence electrons. The third-order valence-corrected chi connectivity index (χ3v) is 2.55. The molecule has 1 rings (SSSR count). The zero-order chi connectivity index (χ0) is 10.2. The third kappa shape index (κ3) is 5.19. The van der Waals surface area contributed by atoms with Crippen LogP contribution in [0.25, 0.3) is 0 Å². The highest BCUT2D eigenvalue weighted by Gasteiger charge is 2.08. The van der Waals surface area contributed by atoms with Crippen LogP contribution < -0.4 is 5.32 Å². The minimum Gasteiger partial charge on any atom is -0.480 e. The molecule has 14 heavy (non-hydrogen) atoms. The van der Waals surface area contributed by atoms with Crippen LogP contribution in [0, 0.1) is 0 Å². The van der Waals surface area contributed by atoms with Crippen molar-refractivity contribution in [2.24, 2.45) is 0 Å². The largest absolute Gasteiger partial charge is 0.480 e. The van der Waals surface area contributed by atoms with Gasteiger partial charge in [-0.2, -0.15) is 0 Å². The highest BCUT2D eigenvalue weighted by molar-refractivity contribution is 5.68. The lowest BCUT2D eigenvalue weighted by Crippen LogP contribution is -2.33. The van der Waals surface area contributed by atoms with Crippen molar-refractivity contribution in [1.82, 2.24) is 10.2 Å². The SMILES string of the molecule is O=C(O)CNCCCN1CCCCC1. The van der Waals surface area contributed by atoms with Gasteiger partial charge in [0.15, 0.2) is 0 Å². The van der Waals surface area contributed by atoms with Gasteiger partial charge in [-0.15, -0.1) is 0 Å². The van der Waals surface area contributed by atoms with Gasteiger partial charge in [0, 0.05) is 0 Å². The lowest BCUT2D eigenvalue weighted by atomic mass is 10.1. The number of rotatable bonds is 6. The minimum atomic E-state index is -0.775. The van der Waals surface area contributed by atoms with E-state index >= 15 is 0 Å². The molecule has 0 spiro atoms. The van der Waals surface area contributed by atoms with E-state index in [1.807, 2.05) is 0 Å². The maximum atomic E-state index is 10.2. The zero-order valence-electron chi connectivity index (χ0n) is 8.67. The molecular formula is C10H20N2O2. The summed E-state index contributed by atoms with van der Waals surface area (Å²) < 4.78 is 0. The van der Waals surface area contributed by atoms with E-state index in [4.69, 9.17) is 5.11 Å². The fraction of sp³-hybridized carbons (Fsp3) is 0.900. The summed E-state index contributed by atoms with van der Waals surface area (Å²) in [5, 5.41) is 11.3. The van der Waals surface area contributed by atoms with Crippen molar-refractivity contribution in [3.8, 4) is 0 Å². The molecule has 0 aromatic carbocycles. The molecule has 0 amide bonds. The number of likely N-dealkylation sites (tertiary alicyclic amines) is 1. The Morgan fingerprint density at radius 1 is 1.29 bits per heavy atom. The summed E-state index contributed by atoms with van der Waals surface area (Å²) in [7, 11) is 0. The summed E-state index contributed by atoms with van der Waals surface area (Å²) in [6.45, 7) is 4.44. The summed E-state index contributed by atoms with van der Waals surface area (Å²) in [4.78, 5) is 12.7. The van der Waals surface area contributed by atoms with Crippen molar-refractivity contribution < 1.29 is 9.90 Å². The van der Waals surface area contributed by atoms with Crippen molar-refractivity contribution in [3.63, 3.8) is 0 Å². The second kappa shape index (κ2) is 6.79. The van der Waals surface area contributed by atoms with E-state index < -0.39 is 5.97 Å². The minimum absolute atomic E-state index is 0.0833. The van der Waals surface area contributed by atoms with Crippen LogP contribution in [0.4, 0.5) is 0 Å². The van der Waals surface area contributed by atoms with Crippen LogP contribution in [0.15, 0.2) is 0 Å². The maximum absolute atomic E-state index is 10.2. The number of carboxylic acid groups (broad SMARTS) is 1. The van der Waals surface area contributed by atoms with Crippen molar-refractivity contribution in [2.75, 3.05) is 32.7 Å². The molecule has 0 atom stereocenters. The first kappa shape index (κ1) is 11.5. The molecule has 0 radical (unpaired) electrons. The molecule has 1 saturated heterocycles. The highest BCUT2D eigenvalue weighted by atomic mass is 16.4. The lowest BCUT2D eigenvalue weighted by Gasteiger charge is -2.26. The van der Waals surface area contributed by atoms with Gasteiger partial charge in [0.1, 0.15) is 0 Å². The molecular weight excluding hydrogens is 180 g/mol. The average Bonchev–Trinajstić information content (AvgIpc) is 2.18. The monoisotopic (exact) mass is 200 g/mol. The van der Waals surface area contributed by atoms with Gasteiger partial charge in [-0.3, -0.25) is 4.79 Å². The number of nitrogens with zero attached hydrogens (tertiary/aromatic N) is 1. The van der Waals surface area contributed by atoms with E-state index in [1.54, 1.807) is 0 Å². The Hall–Kier alpha value is -0.610. The number of piperidine rings is 1. The van der Waals surface area contributed by atoms with Crippen LogP contribution in [0.5, 0.6) is 0 Å². The van der Waals surface area contributed by atoms with Gasteiger partial charge in [0.05, 0.1) is 6.54 Å². The number of carbonyl (C=O) groups is 1. The van der Waals surface area contributed by atoms with Crippen LogP contribution in [0.1, 0.15) is 25.7 Å². The Labute approximate surface area is 85.3 Å². The summed E-state index contributed by atoms with van der Waals surface area (Å²) in [6.07, 6.45) is 5.06. The van der Waals surface area contributed by atoms with E-state index in [1.165, 1.54) is 32.4 Å². The fourth-order valence-electron chi connectivity index (χ4n) is 1.81. The summed E-state index contributed by atoms with van der Waals surface area (Å²) >= 11 is 0. The van der Waals surface area contributed by atoms with Crippen LogP contribution in [-0.4, -0.2) is 48.7 Å². The van der Waals surface area contributed by atoms with Crippen LogP contribution >= 0.6 is 0 Å². The Bertz CT molecular complexity index is 168. The predicted octanol–water partition coefficient (Wildman–Crippen LogP) is 0.537. The van der Waals surface area contributed by atoms with Crippen molar-refractivity contribution in [1.29, 1.82) is 0 Å². The molecule has 2 N–H and O–H groups in total. The number of nitrogens with one attached hydrogen (secondary N) is 1. The van der Waals surface area contributed by atoms with Gasteiger partial charge < -0.3 is 15.3 Å². The molecule has 1 aliphatic heterocycles. The standard InChI is InChI=1S/C10H20N2O2/c13-10(14)9-11-5-4-8-12-6-2-1-3-7-12/h11H,1-9H2,(H,13,14). The van der Waals surface area contributed by atoms with E-state index in [2.05, 4.69) is 10.2 Å². The second-order valence-corrected chi connectivity index (χ2v) is 3.83. The first-order valence-electron chi connectivity index (χ1n) is 5.44. The lowest BCUT2D eigenvalue weighted by molar-refractivity contribution is -0.135. The van der Waals surface area contributed by atoms with Gasteiger partial charge in [0.25, 0.3) is 0 Å². The first-order chi connectivity index (χ1) is 6.79. The topological polar surface area (TPSA) is 52.6 Å². The molecule has 0 unspecified atom stereocenters. The molecule has 0 aliphatic carbocycles. The number of hydrogen-bond acceptors (Lipinski definition) is 3. The number of aliphatic carboxylic acids is 1. The highest BCUT2D eigenvalue weighted by Crippen LogP contribution is 2.08. The Morgan fingerprint density at radius 2 is 2.00 bits per heavy atom. The molecule has 0 bridgehead atoms. The molecule has 1 heterocycles. The van der Waals surface area contributed by atoms with Gasteiger partial charge >= 0.3 is 5.97 Å². The van der Waals surface area contributed by atoms with Crippen LogP contribution in [0.2, 0.25) is 0 Å². The van der Waals surface area contributed by atoms with Crippen LogP contribution in [-0.2, 0) is 4.79 Å². The van der Waals surface area contributed by atoms with Crippen molar-refractivity contribution >= 4 is 5.97 Å². The second-order valence-electron chi connectivity index (χ2n) is 3.83. The molecule has 1 fully saturated rings. The van der Waals surface area contributed by atoms with Gasteiger partial charge in [0.2, 0.25) is 0 Å². The Balaban J connectivity index is 1.90. The normalized spacial score (nSPS) is 18.3. The molecule has 0 aromatic rings. The summed E-state index contributed by atoms with van der Waals surface area (Å²) in [6, 6.07) is 0. The fourth-order valence-corrected chi connectivity index (χ4v) is 1.81. The smallest absolute Gasteiger partial charge is 0.317 e. The van der Waals surface area contributed by atoms with E-state index in [0.29, 0.717) is 0 Å². The summed E-state index contributed by atoms with van der Waals surface area (Å²) in [5.74, 6) is -0.775. The molecule has 0 saturated carbocycles. The van der Waals surface area contributed by atoms with Gasteiger partial charge in [-0.05, 0) is 45.4 Å². The van der Waals surface area contributed by atoms with Gasteiger partial charge in [-0.25, -0.2) is 0 Å². The third-order valence-electron chi connectivity index (χ3n) is 2.55. The quantitative estimate of drug-likeness (QED) is 0.614. The van der Waals surface area contributed by atoms with Crippen molar-refractivity contribution in [2.45, 2.75) is 25.7 Å².